The number of thiophene rings is 1. The minimum atomic E-state index is -3.91. The highest BCUT2D eigenvalue weighted by Crippen LogP contribution is 2.59. The summed E-state index contributed by atoms with van der Waals surface area (Å²) in [5.74, 6) is -1.17. The molecular formula is C38H47ClFNO6S2. The largest absolute Gasteiger partial charge is 0.393 e. The summed E-state index contributed by atoms with van der Waals surface area (Å²) in [5.41, 5.74) is 0.930. The molecular weight excluding hydrogens is 685 g/mol. The van der Waals surface area contributed by atoms with Gasteiger partial charge in [-0.3, -0.25) is 4.79 Å². The van der Waals surface area contributed by atoms with Crippen LogP contribution >= 0.6 is 22.9 Å². The number of carbonyl (C=O) groups is 1. The lowest BCUT2D eigenvalue weighted by molar-refractivity contribution is -0.0727. The number of aliphatic hydroxyl groups excluding tert-OH is 1. The van der Waals surface area contributed by atoms with Gasteiger partial charge in [-0.05, 0) is 105 Å². The summed E-state index contributed by atoms with van der Waals surface area (Å²) in [6.07, 6.45) is 5.39. The Morgan fingerprint density at radius 1 is 1.16 bits per heavy atom. The van der Waals surface area contributed by atoms with Crippen molar-refractivity contribution in [3.63, 3.8) is 0 Å². The Morgan fingerprint density at radius 2 is 1.96 bits per heavy atom. The molecule has 3 aliphatic carbocycles. The number of allylic oxidation sites excluding steroid dienone is 2. The number of fused-ring (bicyclic) bond motifs is 8. The topological polar surface area (TPSA) is 104 Å². The average molecular weight is 732 g/mol. The highest BCUT2D eigenvalue weighted by atomic mass is 35.5. The number of Topliss-reactive ketones (excluding diaryl/α,β-unsaturated/α-hetero) is 1. The molecule has 6 rings (SSSR count). The van der Waals surface area contributed by atoms with E-state index in [2.05, 4.69) is 6.08 Å². The Labute approximate surface area is 298 Å². The smallest absolute Gasteiger partial charge is 0.252 e. The minimum absolute atomic E-state index is 0.106. The zero-order valence-electron chi connectivity index (χ0n) is 28.5. The first-order chi connectivity index (χ1) is 23.3. The van der Waals surface area contributed by atoms with Gasteiger partial charge in [0.25, 0.3) is 10.0 Å². The fraction of sp³-hybridized carbons (Fsp3) is 0.500. The first kappa shape index (κ1) is 37.8. The fourth-order valence-electron chi connectivity index (χ4n) is 7.70. The number of ether oxygens (including phenoxy) is 1. The maximum Gasteiger partial charge on any atom is 0.252 e. The first-order valence-electron chi connectivity index (χ1n) is 17.0. The molecule has 2 N–H and O–H groups in total. The summed E-state index contributed by atoms with van der Waals surface area (Å²) >= 11 is 7.49. The number of carbonyl (C=O) groups excluding carboxylic acids is 1. The normalized spacial score (nSPS) is 24.9. The van der Waals surface area contributed by atoms with Gasteiger partial charge in [0, 0.05) is 54.8 Å². The van der Waals surface area contributed by atoms with Gasteiger partial charge in [-0.15, -0.1) is 11.3 Å². The van der Waals surface area contributed by atoms with Crippen LogP contribution in [0.3, 0.4) is 0 Å². The SMILES string of the molecule is COCCCN(CC1(O)CCC2c3ccc(cc3C(=O)Cc3c(F)cccc3Cl)CC(O)CCC(C)=CCCC21C)S(=O)(=O)c1cccs1. The van der Waals surface area contributed by atoms with Crippen molar-refractivity contribution < 1.29 is 32.6 Å². The summed E-state index contributed by atoms with van der Waals surface area (Å²) < 4.78 is 49.7. The second kappa shape index (κ2) is 15.8. The van der Waals surface area contributed by atoms with E-state index >= 15 is 0 Å². The van der Waals surface area contributed by atoms with Crippen molar-refractivity contribution >= 4 is 38.7 Å². The van der Waals surface area contributed by atoms with Gasteiger partial charge < -0.3 is 14.9 Å². The van der Waals surface area contributed by atoms with Gasteiger partial charge in [-0.25, -0.2) is 12.8 Å². The number of halogens is 2. The van der Waals surface area contributed by atoms with Crippen LogP contribution in [0.15, 0.2) is 69.8 Å². The summed E-state index contributed by atoms with van der Waals surface area (Å²) in [6.45, 7) is 4.51. The van der Waals surface area contributed by atoms with Gasteiger partial charge >= 0.3 is 0 Å². The minimum Gasteiger partial charge on any atom is -0.393 e. The average Bonchev–Trinajstić information content (AvgIpc) is 3.69. The molecule has 0 saturated heterocycles. The van der Waals surface area contributed by atoms with Crippen molar-refractivity contribution in [2.75, 3.05) is 26.8 Å². The maximum absolute atomic E-state index is 14.9. The molecule has 266 valence electrons. The molecule has 7 nitrogen and oxygen atoms in total. The van der Waals surface area contributed by atoms with Crippen LogP contribution in [0.1, 0.15) is 91.8 Å². The third kappa shape index (κ3) is 8.22. The molecule has 3 aliphatic rings. The molecule has 3 aromatic rings. The second-order valence-corrected chi connectivity index (χ2v) is 17.4. The van der Waals surface area contributed by atoms with Crippen LogP contribution in [0.2, 0.25) is 5.02 Å². The molecule has 11 heteroatoms. The van der Waals surface area contributed by atoms with Crippen LogP contribution in [-0.4, -0.2) is 67.2 Å². The number of benzene rings is 2. The summed E-state index contributed by atoms with van der Waals surface area (Å²) in [6, 6.07) is 13.3. The van der Waals surface area contributed by atoms with Crippen molar-refractivity contribution in [3.8, 4) is 0 Å². The van der Waals surface area contributed by atoms with Gasteiger partial charge in [0.15, 0.2) is 5.78 Å². The van der Waals surface area contributed by atoms with E-state index in [9.17, 15) is 27.8 Å². The molecule has 4 unspecified atom stereocenters. The molecule has 49 heavy (non-hydrogen) atoms. The predicted molar refractivity (Wildman–Crippen MR) is 192 cm³/mol. The number of hydrogen-bond donors (Lipinski definition) is 2. The summed E-state index contributed by atoms with van der Waals surface area (Å²) in [5, 5.41) is 25.6. The van der Waals surface area contributed by atoms with Crippen molar-refractivity contribution in [3.05, 3.63) is 98.7 Å². The van der Waals surface area contributed by atoms with E-state index in [0.717, 1.165) is 28.0 Å². The molecule has 4 atom stereocenters. The Kier molecular flexibility index (Phi) is 12.2. The Hall–Kier alpha value is -2.44. The Bertz CT molecular complexity index is 1740. The number of hydrogen-bond acceptors (Lipinski definition) is 7. The number of ketones is 1. The lowest BCUT2D eigenvalue weighted by Crippen LogP contribution is -2.54. The van der Waals surface area contributed by atoms with Crippen molar-refractivity contribution in [1.29, 1.82) is 0 Å². The molecule has 1 aromatic heterocycles. The monoisotopic (exact) mass is 731 g/mol. The van der Waals surface area contributed by atoms with E-state index in [1.54, 1.807) is 36.8 Å². The molecule has 0 aliphatic heterocycles. The Morgan fingerprint density at radius 3 is 2.67 bits per heavy atom. The fourth-order valence-corrected chi connectivity index (χ4v) is 10.6. The van der Waals surface area contributed by atoms with Crippen LogP contribution in [0.25, 0.3) is 0 Å². The zero-order chi connectivity index (χ0) is 35.4. The van der Waals surface area contributed by atoms with E-state index in [-0.39, 0.29) is 46.0 Å². The van der Waals surface area contributed by atoms with Crippen LogP contribution in [-0.2, 0) is 27.6 Å². The number of nitrogens with zero attached hydrogens (tertiary/aromatic N) is 1. The predicted octanol–water partition coefficient (Wildman–Crippen LogP) is 7.73. The molecule has 1 fully saturated rings. The quantitative estimate of drug-likeness (QED) is 0.119. The van der Waals surface area contributed by atoms with E-state index < -0.39 is 33.0 Å². The van der Waals surface area contributed by atoms with E-state index in [0.29, 0.717) is 63.5 Å². The molecule has 2 aromatic carbocycles. The lowest BCUT2D eigenvalue weighted by Gasteiger charge is -2.46. The van der Waals surface area contributed by atoms with Crippen molar-refractivity contribution in [2.24, 2.45) is 5.41 Å². The van der Waals surface area contributed by atoms with Gasteiger partial charge in [0.2, 0.25) is 0 Å². The Balaban J connectivity index is 1.60. The maximum atomic E-state index is 14.9. The lowest BCUT2D eigenvalue weighted by atomic mass is 9.64. The van der Waals surface area contributed by atoms with Gasteiger partial charge in [-0.1, -0.05) is 54.4 Å². The number of aliphatic hydroxyl groups is 2. The molecule has 0 radical (unpaired) electrons. The van der Waals surface area contributed by atoms with Crippen molar-refractivity contribution in [1.82, 2.24) is 4.31 Å². The highest BCUT2D eigenvalue weighted by Gasteiger charge is 2.58. The van der Waals surface area contributed by atoms with Gasteiger partial charge in [0.1, 0.15) is 10.0 Å². The third-order valence-corrected chi connectivity index (χ3v) is 14.2. The van der Waals surface area contributed by atoms with Crippen molar-refractivity contribution in [2.45, 2.75) is 93.5 Å². The van der Waals surface area contributed by atoms with E-state index in [1.807, 2.05) is 26.0 Å². The summed E-state index contributed by atoms with van der Waals surface area (Å²) in [4.78, 5) is 14.2. The van der Waals surface area contributed by atoms with Crippen LogP contribution in [0.4, 0.5) is 4.39 Å². The second-order valence-electron chi connectivity index (χ2n) is 13.9. The molecule has 1 saturated carbocycles. The third-order valence-electron chi connectivity index (χ3n) is 10.7. The summed E-state index contributed by atoms with van der Waals surface area (Å²) in [7, 11) is -2.33. The van der Waals surface area contributed by atoms with Crippen LogP contribution in [0, 0.1) is 11.2 Å². The zero-order valence-corrected chi connectivity index (χ0v) is 30.8. The van der Waals surface area contributed by atoms with E-state index in [1.165, 1.54) is 16.4 Å². The standard InChI is InChI=1S/C38H47ClFNO6S2/c1-26-8-5-17-37(2)32(16-18-38(37,44)25-41(19-7-20-47-3)49(45,46)36-11-6-21-48-36)29-15-13-27(22-28(42)14-12-26)23-30(29)35(43)24-31-33(39)9-4-10-34(31)40/h4,6,8-11,13,15,21,23,28,32,42,44H,5,7,12,14,16-20,22,24-25H2,1-3H3. The molecule has 1 heterocycles. The van der Waals surface area contributed by atoms with Crippen LogP contribution in [0.5, 0.6) is 0 Å². The highest BCUT2D eigenvalue weighted by molar-refractivity contribution is 7.91. The number of rotatable bonds is 11. The van der Waals surface area contributed by atoms with Crippen LogP contribution < -0.4 is 0 Å². The molecule has 0 amide bonds. The van der Waals surface area contributed by atoms with Gasteiger partial charge in [0.05, 0.1) is 11.7 Å². The first-order valence-corrected chi connectivity index (χ1v) is 19.7. The van der Waals surface area contributed by atoms with Gasteiger partial charge in [-0.2, -0.15) is 4.31 Å². The molecule has 0 spiro atoms. The number of sulfonamides is 1. The van der Waals surface area contributed by atoms with E-state index in [4.69, 9.17) is 16.3 Å². The molecule has 2 bridgehead atoms. The number of methoxy groups -OCH3 is 1.